The van der Waals surface area contributed by atoms with Gasteiger partial charge in [-0.2, -0.15) is 0 Å². The van der Waals surface area contributed by atoms with Crippen LogP contribution in [-0.4, -0.2) is 16.5 Å². The third kappa shape index (κ3) is 1.33. The summed E-state index contributed by atoms with van der Waals surface area (Å²) in [6, 6.07) is 4.43. The summed E-state index contributed by atoms with van der Waals surface area (Å²) in [5.41, 5.74) is 1.23. The molecule has 3 heteroatoms. The average molecular weight is 163 g/mol. The fourth-order valence-electron chi connectivity index (χ4n) is 1.72. The second kappa shape index (κ2) is 3.21. The van der Waals surface area contributed by atoms with Gasteiger partial charge < -0.3 is 0 Å². The minimum Gasteiger partial charge on any atom is -0.268 e. The van der Waals surface area contributed by atoms with Crippen LogP contribution < -0.4 is 5.84 Å². The predicted molar refractivity (Wildman–Crippen MR) is 47.1 cm³/mol. The van der Waals surface area contributed by atoms with Crippen molar-refractivity contribution < 1.29 is 0 Å². The highest BCUT2D eigenvalue weighted by atomic mass is 15.4. The van der Waals surface area contributed by atoms with E-state index in [0.29, 0.717) is 6.04 Å². The van der Waals surface area contributed by atoms with Crippen molar-refractivity contribution in [1.82, 2.24) is 9.99 Å². The lowest BCUT2D eigenvalue weighted by Gasteiger charge is -2.18. The van der Waals surface area contributed by atoms with Gasteiger partial charge >= 0.3 is 0 Å². The summed E-state index contributed by atoms with van der Waals surface area (Å²) in [5.74, 6) is 5.82. The molecule has 1 aliphatic rings. The maximum absolute atomic E-state index is 5.82. The zero-order valence-corrected chi connectivity index (χ0v) is 6.98. The van der Waals surface area contributed by atoms with Crippen LogP contribution in [0.3, 0.4) is 0 Å². The van der Waals surface area contributed by atoms with E-state index in [9.17, 15) is 0 Å². The highest BCUT2D eigenvalue weighted by Crippen LogP contribution is 2.27. The van der Waals surface area contributed by atoms with Crippen molar-refractivity contribution in [3.05, 3.63) is 30.1 Å². The molecule has 1 aromatic rings. The molecule has 2 rings (SSSR count). The van der Waals surface area contributed by atoms with Gasteiger partial charge in [0.05, 0.1) is 6.04 Å². The lowest BCUT2D eigenvalue weighted by Crippen LogP contribution is -2.30. The van der Waals surface area contributed by atoms with E-state index < -0.39 is 0 Å². The van der Waals surface area contributed by atoms with Gasteiger partial charge in [-0.05, 0) is 24.5 Å². The standard InChI is InChI=1S/C9H13N3/c10-12-6-2-4-9(12)8-3-1-5-11-7-8/h1,3,5,7,9H,2,4,6,10H2. The molecule has 0 aliphatic carbocycles. The normalized spacial score (nSPS) is 24.6. The first-order valence-electron chi connectivity index (χ1n) is 4.29. The number of aromatic nitrogens is 1. The summed E-state index contributed by atoms with van der Waals surface area (Å²) in [7, 11) is 0. The van der Waals surface area contributed by atoms with Gasteiger partial charge in [0.1, 0.15) is 0 Å². The monoisotopic (exact) mass is 163 g/mol. The number of nitrogens with zero attached hydrogens (tertiary/aromatic N) is 2. The largest absolute Gasteiger partial charge is 0.268 e. The Labute approximate surface area is 72.2 Å². The minimum absolute atomic E-state index is 0.388. The van der Waals surface area contributed by atoms with Gasteiger partial charge in [-0.1, -0.05) is 6.07 Å². The fraction of sp³-hybridized carbons (Fsp3) is 0.444. The van der Waals surface area contributed by atoms with Crippen LogP contribution in [0.2, 0.25) is 0 Å². The molecule has 0 aromatic carbocycles. The van der Waals surface area contributed by atoms with Gasteiger partial charge in [-0.3, -0.25) is 10.8 Å². The molecule has 64 valence electrons. The van der Waals surface area contributed by atoms with Crippen LogP contribution in [0, 0.1) is 0 Å². The number of hydrogen-bond donors (Lipinski definition) is 1. The molecule has 1 aromatic heterocycles. The summed E-state index contributed by atoms with van der Waals surface area (Å²) >= 11 is 0. The van der Waals surface area contributed by atoms with Crippen LogP contribution in [0.4, 0.5) is 0 Å². The number of nitrogens with two attached hydrogens (primary N) is 1. The number of pyridine rings is 1. The van der Waals surface area contributed by atoms with Crippen molar-refractivity contribution in [3.8, 4) is 0 Å². The topological polar surface area (TPSA) is 42.1 Å². The van der Waals surface area contributed by atoms with Crippen molar-refractivity contribution in [3.63, 3.8) is 0 Å². The van der Waals surface area contributed by atoms with Gasteiger partial charge in [0.15, 0.2) is 0 Å². The smallest absolute Gasteiger partial charge is 0.0506 e. The molecule has 1 aliphatic heterocycles. The lowest BCUT2D eigenvalue weighted by molar-refractivity contribution is 0.266. The van der Waals surface area contributed by atoms with Crippen molar-refractivity contribution >= 4 is 0 Å². The quantitative estimate of drug-likeness (QED) is 0.630. The molecule has 1 saturated heterocycles. The highest BCUT2D eigenvalue weighted by Gasteiger charge is 2.22. The third-order valence-electron chi connectivity index (χ3n) is 2.36. The number of rotatable bonds is 1. The van der Waals surface area contributed by atoms with Crippen LogP contribution >= 0.6 is 0 Å². The first-order chi connectivity index (χ1) is 5.88. The van der Waals surface area contributed by atoms with Gasteiger partial charge in [-0.25, -0.2) is 5.01 Å². The van der Waals surface area contributed by atoms with Gasteiger partial charge in [0.2, 0.25) is 0 Å². The molecule has 0 saturated carbocycles. The Hall–Kier alpha value is -0.930. The van der Waals surface area contributed by atoms with Crippen LogP contribution in [0.5, 0.6) is 0 Å². The molecule has 0 bridgehead atoms. The molecular formula is C9H13N3. The second-order valence-corrected chi connectivity index (χ2v) is 3.18. The Morgan fingerprint density at radius 1 is 1.58 bits per heavy atom. The Morgan fingerprint density at radius 2 is 2.50 bits per heavy atom. The van der Waals surface area contributed by atoms with Gasteiger partial charge in [0, 0.05) is 18.9 Å². The molecule has 12 heavy (non-hydrogen) atoms. The zero-order chi connectivity index (χ0) is 8.39. The van der Waals surface area contributed by atoms with Crippen LogP contribution in [-0.2, 0) is 0 Å². The Morgan fingerprint density at radius 3 is 3.08 bits per heavy atom. The molecule has 2 N–H and O–H groups in total. The van der Waals surface area contributed by atoms with E-state index in [1.807, 2.05) is 17.3 Å². The summed E-state index contributed by atoms with van der Waals surface area (Å²) in [6.45, 7) is 1.000. The zero-order valence-electron chi connectivity index (χ0n) is 6.98. The molecule has 1 fully saturated rings. The van der Waals surface area contributed by atoms with E-state index in [1.165, 1.54) is 12.0 Å². The van der Waals surface area contributed by atoms with Crippen LogP contribution in [0.15, 0.2) is 24.5 Å². The Balaban J connectivity index is 2.19. The van der Waals surface area contributed by atoms with Crippen molar-refractivity contribution in [2.75, 3.05) is 6.54 Å². The summed E-state index contributed by atoms with van der Waals surface area (Å²) in [4.78, 5) is 4.08. The number of hydrazine groups is 1. The second-order valence-electron chi connectivity index (χ2n) is 3.18. The highest BCUT2D eigenvalue weighted by molar-refractivity contribution is 5.14. The summed E-state index contributed by atoms with van der Waals surface area (Å²) < 4.78 is 0. The first-order valence-corrected chi connectivity index (χ1v) is 4.29. The molecule has 2 heterocycles. The van der Waals surface area contributed by atoms with E-state index in [-0.39, 0.29) is 0 Å². The molecule has 1 unspecified atom stereocenters. The Kier molecular flexibility index (Phi) is 2.06. The first kappa shape index (κ1) is 7.71. The fourth-order valence-corrected chi connectivity index (χ4v) is 1.72. The van der Waals surface area contributed by atoms with Gasteiger partial charge in [0.25, 0.3) is 0 Å². The van der Waals surface area contributed by atoms with E-state index in [1.54, 1.807) is 6.20 Å². The molecule has 0 radical (unpaired) electrons. The van der Waals surface area contributed by atoms with E-state index in [0.717, 1.165) is 13.0 Å². The van der Waals surface area contributed by atoms with Crippen LogP contribution in [0.1, 0.15) is 24.4 Å². The van der Waals surface area contributed by atoms with E-state index >= 15 is 0 Å². The van der Waals surface area contributed by atoms with E-state index in [2.05, 4.69) is 11.1 Å². The molecule has 0 amide bonds. The maximum atomic E-state index is 5.82. The minimum atomic E-state index is 0.388. The van der Waals surface area contributed by atoms with Gasteiger partial charge in [-0.15, -0.1) is 0 Å². The van der Waals surface area contributed by atoms with Crippen LogP contribution in [0.25, 0.3) is 0 Å². The lowest BCUT2D eigenvalue weighted by atomic mass is 10.1. The van der Waals surface area contributed by atoms with E-state index in [4.69, 9.17) is 5.84 Å². The SMILES string of the molecule is NN1CCCC1c1cccnc1. The molecule has 0 spiro atoms. The maximum Gasteiger partial charge on any atom is 0.0506 e. The molecular weight excluding hydrogens is 150 g/mol. The summed E-state index contributed by atoms with van der Waals surface area (Å²) in [6.07, 6.45) is 6.04. The van der Waals surface area contributed by atoms with Crippen molar-refractivity contribution in [1.29, 1.82) is 0 Å². The van der Waals surface area contributed by atoms with Crippen molar-refractivity contribution in [2.45, 2.75) is 18.9 Å². The molecule has 3 nitrogen and oxygen atoms in total. The predicted octanol–water partition coefficient (Wildman–Crippen LogP) is 1.09. The average Bonchev–Trinajstić information content (AvgIpc) is 2.53. The van der Waals surface area contributed by atoms with Crippen molar-refractivity contribution in [2.24, 2.45) is 5.84 Å². The summed E-state index contributed by atoms with van der Waals surface area (Å²) in [5, 5.41) is 1.90. The number of hydrogen-bond acceptors (Lipinski definition) is 3. The molecule has 1 atom stereocenters. The third-order valence-corrected chi connectivity index (χ3v) is 2.36. The Bertz CT molecular complexity index is 247.